The second kappa shape index (κ2) is 7.93. The quantitative estimate of drug-likeness (QED) is 0.396. The van der Waals surface area contributed by atoms with E-state index < -0.39 is 13.0 Å². The number of carbonyl (C=O) groups excluding carboxylic acids is 1. The topological polar surface area (TPSA) is 34.1 Å². The Kier molecular flexibility index (Phi) is 6.49. The van der Waals surface area contributed by atoms with Gasteiger partial charge in [-0.1, -0.05) is 58.2 Å². The lowest BCUT2D eigenvalue weighted by Crippen LogP contribution is -2.34. The molecule has 0 spiro atoms. The van der Waals surface area contributed by atoms with Gasteiger partial charge in [-0.05, 0) is 62.5 Å². The molecule has 1 aliphatic carbocycles. The van der Waals surface area contributed by atoms with Crippen LogP contribution in [0.5, 0.6) is 0 Å². The van der Waals surface area contributed by atoms with Crippen molar-refractivity contribution in [3.63, 3.8) is 0 Å². The Labute approximate surface area is 160 Å². The van der Waals surface area contributed by atoms with Crippen LogP contribution >= 0.6 is 7.80 Å². The first-order valence-corrected chi connectivity index (χ1v) is 11.5. The Morgan fingerprint density at radius 2 is 1.62 bits per heavy atom. The predicted octanol–water partition coefficient (Wildman–Crippen LogP) is 7.01. The van der Waals surface area contributed by atoms with Crippen molar-refractivity contribution in [1.29, 1.82) is 0 Å². The van der Waals surface area contributed by atoms with Gasteiger partial charge in [0, 0.05) is 11.7 Å². The first kappa shape index (κ1) is 21.3. The zero-order valence-electron chi connectivity index (χ0n) is 17.7. The Balaban J connectivity index is 2.32. The molecule has 1 aromatic carbocycles. The number of Topliss-reactive ketones (excluding diaryl/α,β-unsaturated/α-hetero) is 1. The molecule has 1 aromatic rings. The van der Waals surface area contributed by atoms with Crippen LogP contribution < -0.4 is 0 Å². The second-order valence-corrected chi connectivity index (χ2v) is 11.8. The lowest BCUT2D eigenvalue weighted by atomic mass is 9.86. The number of carbonyl (C=O) groups is 1. The maximum Gasteiger partial charge on any atom is 0.180 e. The molecule has 145 valence electrons. The van der Waals surface area contributed by atoms with Gasteiger partial charge in [0.05, 0.1) is 7.80 Å². The number of rotatable bonds is 6. The first-order chi connectivity index (χ1) is 12.0. The number of hydrogen-bond donors (Lipinski definition) is 0. The van der Waals surface area contributed by atoms with Gasteiger partial charge in [-0.25, -0.2) is 0 Å². The normalized spacial score (nSPS) is 18.7. The largest absolute Gasteiger partial charge is 0.293 e. The van der Waals surface area contributed by atoms with Crippen LogP contribution in [0.25, 0.3) is 0 Å². The first-order valence-electron chi connectivity index (χ1n) is 10.0. The average Bonchev–Trinajstić information content (AvgIpc) is 2.94. The predicted molar refractivity (Wildman–Crippen MR) is 112 cm³/mol. The minimum absolute atomic E-state index is 0.147. The maximum atomic E-state index is 13.6. The number of ketones is 1. The molecule has 2 nitrogen and oxygen atoms in total. The molecule has 1 aliphatic rings. The highest BCUT2D eigenvalue weighted by Crippen LogP contribution is 2.54. The second-order valence-electron chi connectivity index (χ2n) is 9.77. The molecular weight excluding hydrogens is 339 g/mol. The maximum absolute atomic E-state index is 13.6. The molecule has 26 heavy (non-hydrogen) atoms. The summed E-state index contributed by atoms with van der Waals surface area (Å²) in [6, 6.07) is 4.16. The smallest absolute Gasteiger partial charge is 0.180 e. The summed E-state index contributed by atoms with van der Waals surface area (Å²) in [7, 11) is -1.55. The summed E-state index contributed by atoms with van der Waals surface area (Å²) in [4.78, 5) is 13.6. The van der Waals surface area contributed by atoms with Crippen molar-refractivity contribution in [2.45, 2.75) is 85.7 Å². The third kappa shape index (κ3) is 4.63. The molecule has 0 amide bonds. The fraction of sp³-hybridized carbons (Fsp3) is 0.696. The lowest BCUT2D eigenvalue weighted by Gasteiger charge is -2.30. The summed E-state index contributed by atoms with van der Waals surface area (Å²) in [5, 5.41) is -0.633. The monoisotopic (exact) mass is 375 g/mol. The van der Waals surface area contributed by atoms with Crippen LogP contribution in [0.15, 0.2) is 12.1 Å². The van der Waals surface area contributed by atoms with Crippen LogP contribution in [0.4, 0.5) is 0 Å². The summed E-state index contributed by atoms with van der Waals surface area (Å²) < 4.78 is 13.5. The van der Waals surface area contributed by atoms with E-state index in [0.717, 1.165) is 48.8 Å². The minimum Gasteiger partial charge on any atom is -0.293 e. The summed E-state index contributed by atoms with van der Waals surface area (Å²) in [5.74, 6) is 0.526. The summed E-state index contributed by atoms with van der Waals surface area (Å²) >= 11 is 0. The highest BCUT2D eigenvalue weighted by atomic mass is 31.1. The van der Waals surface area contributed by atoms with Crippen LogP contribution in [0.1, 0.15) is 86.8 Å². The van der Waals surface area contributed by atoms with Crippen molar-refractivity contribution >= 4 is 13.6 Å². The third-order valence-corrected chi connectivity index (χ3v) is 8.23. The fourth-order valence-corrected chi connectivity index (χ4v) is 7.09. The van der Waals surface area contributed by atoms with Crippen LogP contribution in [-0.2, 0) is 4.57 Å². The molecule has 2 atom stereocenters. The molecule has 2 rings (SSSR count). The molecule has 1 fully saturated rings. The van der Waals surface area contributed by atoms with Gasteiger partial charge < -0.3 is 0 Å². The van der Waals surface area contributed by atoms with Crippen molar-refractivity contribution in [2.24, 2.45) is 11.3 Å². The van der Waals surface area contributed by atoms with Crippen molar-refractivity contribution in [3.8, 4) is 0 Å². The van der Waals surface area contributed by atoms with E-state index in [4.69, 9.17) is 0 Å². The fourth-order valence-electron chi connectivity index (χ4n) is 4.89. The third-order valence-electron chi connectivity index (χ3n) is 5.67. The van der Waals surface area contributed by atoms with E-state index in [0.29, 0.717) is 12.1 Å². The summed E-state index contributed by atoms with van der Waals surface area (Å²) in [6.07, 6.45) is 5.32. The van der Waals surface area contributed by atoms with E-state index in [1.807, 2.05) is 13.8 Å². The van der Waals surface area contributed by atoms with Crippen molar-refractivity contribution in [2.75, 3.05) is 6.16 Å². The van der Waals surface area contributed by atoms with Gasteiger partial charge in [-0.2, -0.15) is 0 Å². The average molecular weight is 376 g/mol. The summed E-state index contributed by atoms with van der Waals surface area (Å²) in [5.41, 5.74) is 4.30. The Hall–Kier alpha value is -1.01. The standard InChI is InChI=1S/C23H36O2P/c1-16-12-18(3)20(19(4)13-16)21(24)23(10-8-9-11-23)26(25)15-17(2)14-22(5,6)7/h12-13,17H,8-11,14-15H2,1-7H3. The molecule has 3 heteroatoms. The van der Waals surface area contributed by atoms with Crippen molar-refractivity contribution < 1.29 is 9.36 Å². The highest BCUT2D eigenvalue weighted by Gasteiger charge is 2.48. The molecule has 0 heterocycles. The lowest BCUT2D eigenvalue weighted by molar-refractivity contribution is 0.0939. The zero-order valence-corrected chi connectivity index (χ0v) is 18.6. The van der Waals surface area contributed by atoms with Gasteiger partial charge in [-0.15, -0.1) is 0 Å². The van der Waals surface area contributed by atoms with Crippen LogP contribution in [-0.4, -0.2) is 17.1 Å². The van der Waals surface area contributed by atoms with E-state index in [1.165, 1.54) is 5.56 Å². The van der Waals surface area contributed by atoms with E-state index in [-0.39, 0.29) is 11.2 Å². The van der Waals surface area contributed by atoms with Crippen molar-refractivity contribution in [3.05, 3.63) is 34.4 Å². The molecule has 0 N–H and O–H groups in total. The Morgan fingerprint density at radius 3 is 2.08 bits per heavy atom. The van der Waals surface area contributed by atoms with Gasteiger partial charge in [0.2, 0.25) is 0 Å². The molecule has 1 saturated carbocycles. The number of benzene rings is 1. The Morgan fingerprint density at radius 1 is 1.12 bits per heavy atom. The van der Waals surface area contributed by atoms with Gasteiger partial charge in [0.25, 0.3) is 0 Å². The molecule has 1 radical (unpaired) electrons. The highest BCUT2D eigenvalue weighted by molar-refractivity contribution is 7.48. The minimum atomic E-state index is -1.55. The number of aryl methyl sites for hydroxylation is 3. The van der Waals surface area contributed by atoms with Crippen LogP contribution in [0, 0.1) is 32.1 Å². The van der Waals surface area contributed by atoms with Gasteiger partial charge in [0.1, 0.15) is 5.16 Å². The molecular formula is C23H36O2P. The molecule has 0 bridgehead atoms. The zero-order chi connectivity index (χ0) is 19.7. The molecule has 0 aliphatic heterocycles. The van der Waals surface area contributed by atoms with Gasteiger partial charge in [-0.3, -0.25) is 9.36 Å². The SMILES string of the molecule is Cc1cc(C)c(C(=O)C2([P](=O)CC(C)CC(C)(C)C)CCCC2)c(C)c1. The van der Waals surface area contributed by atoms with Crippen LogP contribution in [0.2, 0.25) is 0 Å². The van der Waals surface area contributed by atoms with E-state index in [9.17, 15) is 9.36 Å². The van der Waals surface area contributed by atoms with Crippen molar-refractivity contribution in [1.82, 2.24) is 0 Å². The molecule has 0 aromatic heterocycles. The number of hydrogen-bond acceptors (Lipinski definition) is 2. The summed E-state index contributed by atoms with van der Waals surface area (Å²) in [6.45, 7) is 15.0. The van der Waals surface area contributed by atoms with E-state index >= 15 is 0 Å². The van der Waals surface area contributed by atoms with E-state index in [1.54, 1.807) is 0 Å². The van der Waals surface area contributed by atoms with Gasteiger partial charge in [0.15, 0.2) is 5.78 Å². The molecule has 2 unspecified atom stereocenters. The Bertz CT molecular complexity index is 668. The molecule has 0 saturated heterocycles. The van der Waals surface area contributed by atoms with Gasteiger partial charge >= 0.3 is 0 Å². The van der Waals surface area contributed by atoms with Crippen LogP contribution in [0.3, 0.4) is 0 Å². The van der Waals surface area contributed by atoms with E-state index in [2.05, 4.69) is 46.8 Å².